The van der Waals surface area contributed by atoms with Gasteiger partial charge in [-0.15, -0.1) is 0 Å². The van der Waals surface area contributed by atoms with E-state index in [1.54, 1.807) is 0 Å². The first-order valence-corrected chi connectivity index (χ1v) is 10.2. The molecule has 2 saturated heterocycles. The predicted octanol–water partition coefficient (Wildman–Crippen LogP) is 3.66. The summed E-state index contributed by atoms with van der Waals surface area (Å²) in [6.45, 7) is 5.04. The topological polar surface area (TPSA) is 67.4 Å². The summed E-state index contributed by atoms with van der Waals surface area (Å²) in [6.07, 6.45) is 3.66. The maximum atomic E-state index is 12.7. The standard InChI is InChI=1S/C22H28N4O2/c1-16-4-2-6-20(23-16)25-21-7-3-5-19(24-21)17-8-12-26(13-9-17)22(27)18-10-14-28-15-11-18/h2-7,17-18H,8-15H2,1H3,(H,23,24,25). The molecular weight excluding hydrogens is 352 g/mol. The summed E-state index contributed by atoms with van der Waals surface area (Å²) in [5.41, 5.74) is 2.07. The molecule has 6 heteroatoms. The molecule has 0 unspecified atom stereocenters. The van der Waals surface area contributed by atoms with Gasteiger partial charge >= 0.3 is 0 Å². The van der Waals surface area contributed by atoms with E-state index in [1.165, 1.54) is 0 Å². The van der Waals surface area contributed by atoms with Crippen molar-refractivity contribution in [2.45, 2.75) is 38.5 Å². The van der Waals surface area contributed by atoms with Gasteiger partial charge in [0.25, 0.3) is 0 Å². The fourth-order valence-corrected chi connectivity index (χ4v) is 4.09. The Morgan fingerprint density at radius 3 is 2.39 bits per heavy atom. The number of aryl methyl sites for hydroxylation is 1. The van der Waals surface area contributed by atoms with E-state index in [4.69, 9.17) is 9.72 Å². The zero-order valence-electron chi connectivity index (χ0n) is 16.4. The molecule has 0 bridgehead atoms. The Morgan fingerprint density at radius 1 is 1.00 bits per heavy atom. The number of carbonyl (C=O) groups is 1. The van der Waals surface area contributed by atoms with Gasteiger partial charge in [0.1, 0.15) is 11.6 Å². The molecular formula is C22H28N4O2. The van der Waals surface area contributed by atoms with Gasteiger partial charge < -0.3 is 15.0 Å². The summed E-state index contributed by atoms with van der Waals surface area (Å²) in [5.74, 6) is 2.48. The quantitative estimate of drug-likeness (QED) is 0.877. The van der Waals surface area contributed by atoms with E-state index >= 15 is 0 Å². The summed E-state index contributed by atoms with van der Waals surface area (Å²) < 4.78 is 5.38. The minimum atomic E-state index is 0.151. The molecule has 2 aliphatic rings. The number of pyridine rings is 2. The lowest BCUT2D eigenvalue weighted by Gasteiger charge is -2.35. The summed E-state index contributed by atoms with van der Waals surface area (Å²) in [5, 5.41) is 3.30. The summed E-state index contributed by atoms with van der Waals surface area (Å²) in [6, 6.07) is 12.0. The van der Waals surface area contributed by atoms with Crippen LogP contribution in [0.15, 0.2) is 36.4 Å². The SMILES string of the molecule is Cc1cccc(Nc2cccc(C3CCN(C(=O)C4CCOCC4)CC3)n2)n1. The van der Waals surface area contributed by atoms with E-state index in [1.807, 2.05) is 42.2 Å². The zero-order valence-corrected chi connectivity index (χ0v) is 16.4. The Morgan fingerprint density at radius 2 is 1.68 bits per heavy atom. The number of hydrogen-bond acceptors (Lipinski definition) is 5. The number of carbonyl (C=O) groups excluding carboxylic acids is 1. The Bertz CT molecular complexity index is 812. The number of piperidine rings is 1. The molecule has 4 heterocycles. The van der Waals surface area contributed by atoms with Crippen molar-refractivity contribution in [3.05, 3.63) is 47.8 Å². The van der Waals surface area contributed by atoms with Crippen molar-refractivity contribution in [2.24, 2.45) is 5.92 Å². The second kappa shape index (κ2) is 8.69. The smallest absolute Gasteiger partial charge is 0.225 e. The van der Waals surface area contributed by atoms with Gasteiger partial charge in [-0.3, -0.25) is 4.79 Å². The zero-order chi connectivity index (χ0) is 19.3. The highest BCUT2D eigenvalue weighted by Crippen LogP contribution is 2.29. The molecule has 28 heavy (non-hydrogen) atoms. The lowest BCUT2D eigenvalue weighted by Crippen LogP contribution is -2.42. The summed E-state index contributed by atoms with van der Waals surface area (Å²) >= 11 is 0. The van der Waals surface area contributed by atoms with Gasteiger partial charge in [0.05, 0.1) is 0 Å². The van der Waals surface area contributed by atoms with Crippen LogP contribution in [0.25, 0.3) is 0 Å². The molecule has 2 aromatic heterocycles. The van der Waals surface area contributed by atoms with Crippen LogP contribution in [0.1, 0.15) is 43.0 Å². The maximum Gasteiger partial charge on any atom is 0.225 e. The number of hydrogen-bond donors (Lipinski definition) is 1. The largest absolute Gasteiger partial charge is 0.381 e. The van der Waals surface area contributed by atoms with Crippen LogP contribution < -0.4 is 5.32 Å². The fourth-order valence-electron chi connectivity index (χ4n) is 4.09. The van der Waals surface area contributed by atoms with Crippen molar-refractivity contribution < 1.29 is 9.53 Å². The van der Waals surface area contributed by atoms with Gasteiger partial charge in [0.15, 0.2) is 0 Å². The van der Waals surface area contributed by atoms with Crippen molar-refractivity contribution in [2.75, 3.05) is 31.6 Å². The fraction of sp³-hybridized carbons (Fsp3) is 0.500. The van der Waals surface area contributed by atoms with E-state index in [-0.39, 0.29) is 5.92 Å². The third-order valence-electron chi connectivity index (χ3n) is 5.71. The average Bonchev–Trinajstić information content (AvgIpc) is 2.74. The number of nitrogens with zero attached hydrogens (tertiary/aromatic N) is 3. The van der Waals surface area contributed by atoms with Crippen LogP contribution in [0.4, 0.5) is 11.6 Å². The molecule has 6 nitrogen and oxygen atoms in total. The molecule has 0 spiro atoms. The molecule has 4 rings (SSSR count). The average molecular weight is 380 g/mol. The minimum absolute atomic E-state index is 0.151. The first-order chi connectivity index (χ1) is 13.7. The van der Waals surface area contributed by atoms with Crippen molar-refractivity contribution in [3.63, 3.8) is 0 Å². The predicted molar refractivity (Wildman–Crippen MR) is 109 cm³/mol. The van der Waals surface area contributed by atoms with Gasteiger partial charge in [-0.05, 0) is 56.9 Å². The van der Waals surface area contributed by atoms with Gasteiger partial charge in [-0.1, -0.05) is 12.1 Å². The molecule has 2 aliphatic heterocycles. The van der Waals surface area contributed by atoms with E-state index in [0.717, 1.165) is 61.8 Å². The lowest BCUT2D eigenvalue weighted by molar-refractivity contribution is -0.139. The molecule has 1 N–H and O–H groups in total. The second-order valence-electron chi connectivity index (χ2n) is 7.72. The van der Waals surface area contributed by atoms with Crippen LogP contribution in [-0.2, 0) is 9.53 Å². The first kappa shape index (κ1) is 18.9. The third kappa shape index (κ3) is 4.50. The maximum absolute atomic E-state index is 12.7. The number of ether oxygens (including phenoxy) is 1. The van der Waals surface area contributed by atoms with Crippen molar-refractivity contribution in [1.82, 2.24) is 14.9 Å². The molecule has 0 radical (unpaired) electrons. The number of likely N-dealkylation sites (tertiary alicyclic amines) is 1. The second-order valence-corrected chi connectivity index (χ2v) is 7.72. The number of aromatic nitrogens is 2. The highest BCUT2D eigenvalue weighted by atomic mass is 16.5. The number of rotatable bonds is 4. The van der Waals surface area contributed by atoms with Crippen LogP contribution >= 0.6 is 0 Å². The van der Waals surface area contributed by atoms with Gasteiger partial charge in [0, 0.05) is 49.5 Å². The highest BCUT2D eigenvalue weighted by molar-refractivity contribution is 5.79. The van der Waals surface area contributed by atoms with E-state index in [9.17, 15) is 4.79 Å². The van der Waals surface area contributed by atoms with Gasteiger partial charge in [-0.25, -0.2) is 9.97 Å². The number of anilines is 2. The van der Waals surface area contributed by atoms with Crippen LogP contribution in [0.3, 0.4) is 0 Å². The molecule has 1 amide bonds. The number of nitrogens with one attached hydrogen (secondary N) is 1. The van der Waals surface area contributed by atoms with E-state index < -0.39 is 0 Å². The summed E-state index contributed by atoms with van der Waals surface area (Å²) in [7, 11) is 0. The Kier molecular flexibility index (Phi) is 5.86. The number of amides is 1. The summed E-state index contributed by atoms with van der Waals surface area (Å²) in [4.78, 5) is 24.1. The molecule has 0 aromatic carbocycles. The Labute approximate surface area is 166 Å². The van der Waals surface area contributed by atoms with Gasteiger partial charge in [-0.2, -0.15) is 0 Å². The monoisotopic (exact) mass is 380 g/mol. The lowest BCUT2D eigenvalue weighted by atomic mass is 9.91. The third-order valence-corrected chi connectivity index (χ3v) is 5.71. The van der Waals surface area contributed by atoms with E-state index in [0.29, 0.717) is 25.0 Å². The van der Waals surface area contributed by atoms with Gasteiger partial charge in [0.2, 0.25) is 5.91 Å². The van der Waals surface area contributed by atoms with Crippen molar-refractivity contribution >= 4 is 17.5 Å². The molecule has 0 saturated carbocycles. The Balaban J connectivity index is 1.36. The molecule has 2 fully saturated rings. The molecule has 2 aromatic rings. The first-order valence-electron chi connectivity index (χ1n) is 10.2. The van der Waals surface area contributed by atoms with Crippen molar-refractivity contribution in [3.8, 4) is 0 Å². The molecule has 0 aliphatic carbocycles. The van der Waals surface area contributed by atoms with Crippen molar-refractivity contribution in [1.29, 1.82) is 0 Å². The van der Waals surface area contributed by atoms with Crippen LogP contribution in [0.5, 0.6) is 0 Å². The molecule has 148 valence electrons. The van der Waals surface area contributed by atoms with Crippen LogP contribution in [-0.4, -0.2) is 47.1 Å². The Hall–Kier alpha value is -2.47. The molecule has 0 atom stereocenters. The van der Waals surface area contributed by atoms with Crippen LogP contribution in [0.2, 0.25) is 0 Å². The minimum Gasteiger partial charge on any atom is -0.381 e. The highest BCUT2D eigenvalue weighted by Gasteiger charge is 2.30. The normalized spacial score (nSPS) is 18.8. The van der Waals surface area contributed by atoms with E-state index in [2.05, 4.69) is 16.4 Å². The van der Waals surface area contributed by atoms with Crippen LogP contribution in [0, 0.1) is 12.8 Å².